The average molecular weight is 369 g/mol. The van der Waals surface area contributed by atoms with Crippen LogP contribution >= 0.6 is 0 Å². The van der Waals surface area contributed by atoms with Gasteiger partial charge in [0.15, 0.2) is 5.49 Å². The molecule has 0 unspecified atom stereocenters. The van der Waals surface area contributed by atoms with Gasteiger partial charge < -0.3 is 0 Å². The molecule has 1 N–H and O–H groups in total. The molecule has 7 nitrogen and oxygen atoms in total. The number of pyridine rings is 1. The minimum Gasteiger partial charge on any atom is -0.286 e. The first-order valence-corrected chi connectivity index (χ1v) is 8.86. The summed E-state index contributed by atoms with van der Waals surface area (Å²) < 4.78 is 1.58. The third-order valence-corrected chi connectivity index (χ3v) is 4.44. The van der Waals surface area contributed by atoms with Gasteiger partial charge in [-0.3, -0.25) is 15.4 Å². The summed E-state index contributed by atoms with van der Waals surface area (Å²) in [6.45, 7) is 1.90. The molecular formula is C21H19N7. The van der Waals surface area contributed by atoms with Gasteiger partial charge in [-0.05, 0) is 42.8 Å². The number of benzene rings is 1. The minimum absolute atomic E-state index is 0.365. The fourth-order valence-corrected chi connectivity index (χ4v) is 3.04. The van der Waals surface area contributed by atoms with Crippen molar-refractivity contribution in [2.45, 2.75) is 13.3 Å². The maximum absolute atomic E-state index is 8.50. The predicted octanol–water partition coefficient (Wildman–Crippen LogP) is 2.80. The summed E-state index contributed by atoms with van der Waals surface area (Å²) in [6.07, 6.45) is 7.31. The standard InChI is InChI=1S/C21H19N7/c1-14-3-6-21(23-2)28(27-14)20(22)8-15-4-5-19-16(7-15)9-17(12-26-19)18-10-24-13-25-11-18/h3-7,9-13,22H,8H2,1-2H3. The Morgan fingerprint density at radius 3 is 2.64 bits per heavy atom. The van der Waals surface area contributed by atoms with Crippen LogP contribution in [0.5, 0.6) is 0 Å². The number of fused-ring (bicyclic) bond motifs is 1. The Morgan fingerprint density at radius 1 is 1.04 bits per heavy atom. The average Bonchev–Trinajstić information content (AvgIpc) is 2.73. The van der Waals surface area contributed by atoms with E-state index in [1.54, 1.807) is 24.1 Å². The number of aromatic nitrogens is 5. The van der Waals surface area contributed by atoms with E-state index in [4.69, 9.17) is 5.41 Å². The molecule has 4 aromatic rings. The second kappa shape index (κ2) is 7.48. The summed E-state index contributed by atoms with van der Waals surface area (Å²) in [5, 5.41) is 13.9. The van der Waals surface area contributed by atoms with Gasteiger partial charge in [0.25, 0.3) is 0 Å². The Labute approximate surface area is 162 Å². The van der Waals surface area contributed by atoms with Gasteiger partial charge in [-0.2, -0.15) is 5.10 Å². The molecular weight excluding hydrogens is 350 g/mol. The van der Waals surface area contributed by atoms with E-state index in [1.165, 1.54) is 6.33 Å². The fourth-order valence-electron chi connectivity index (χ4n) is 3.04. The lowest BCUT2D eigenvalue weighted by Gasteiger charge is -2.10. The van der Waals surface area contributed by atoms with Crippen molar-refractivity contribution in [1.29, 1.82) is 5.41 Å². The first-order chi connectivity index (χ1) is 13.6. The number of nitrogens with one attached hydrogen (secondary N) is 1. The van der Waals surface area contributed by atoms with Gasteiger partial charge in [-0.1, -0.05) is 6.07 Å². The quantitative estimate of drug-likeness (QED) is 0.444. The van der Waals surface area contributed by atoms with Crippen molar-refractivity contribution in [3.05, 3.63) is 78.1 Å². The van der Waals surface area contributed by atoms with Crippen LogP contribution in [0.1, 0.15) is 11.3 Å². The molecule has 0 aliphatic rings. The van der Waals surface area contributed by atoms with Crippen LogP contribution in [0, 0.1) is 12.3 Å². The van der Waals surface area contributed by atoms with Gasteiger partial charge in [0, 0.05) is 48.6 Å². The summed E-state index contributed by atoms with van der Waals surface area (Å²) in [6, 6.07) is 11.9. The Kier molecular flexibility index (Phi) is 4.72. The van der Waals surface area contributed by atoms with Crippen molar-refractivity contribution in [3.8, 4) is 11.1 Å². The molecule has 0 bridgehead atoms. The molecule has 0 aliphatic heterocycles. The molecule has 0 atom stereocenters. The lowest BCUT2D eigenvalue weighted by molar-refractivity contribution is 0.784. The van der Waals surface area contributed by atoms with E-state index in [-0.39, 0.29) is 0 Å². The van der Waals surface area contributed by atoms with E-state index < -0.39 is 0 Å². The second-order valence-electron chi connectivity index (χ2n) is 6.47. The summed E-state index contributed by atoms with van der Waals surface area (Å²) in [4.78, 5) is 16.9. The lowest BCUT2D eigenvalue weighted by Crippen LogP contribution is -2.31. The Hall–Kier alpha value is -3.74. The van der Waals surface area contributed by atoms with E-state index in [2.05, 4.69) is 37.2 Å². The van der Waals surface area contributed by atoms with Crippen molar-refractivity contribution in [1.82, 2.24) is 24.7 Å². The van der Waals surface area contributed by atoms with Gasteiger partial charge in [0.1, 0.15) is 12.2 Å². The number of rotatable bonds is 3. The van der Waals surface area contributed by atoms with E-state index >= 15 is 0 Å². The van der Waals surface area contributed by atoms with Crippen LogP contribution in [-0.4, -0.2) is 37.6 Å². The number of nitrogens with zero attached hydrogens (tertiary/aromatic N) is 6. The molecule has 3 aromatic heterocycles. The molecule has 0 saturated carbocycles. The Morgan fingerprint density at radius 2 is 1.86 bits per heavy atom. The second-order valence-corrected chi connectivity index (χ2v) is 6.47. The Balaban J connectivity index is 1.68. The SMILES string of the molecule is CN=c1ccc(C)nn1C(=N)Cc1ccc2ncc(-c3cncnc3)cc2c1. The van der Waals surface area contributed by atoms with Crippen molar-refractivity contribution in [2.75, 3.05) is 7.05 Å². The molecule has 3 heterocycles. The fraction of sp³-hybridized carbons (Fsp3) is 0.143. The van der Waals surface area contributed by atoms with Gasteiger partial charge in [-0.15, -0.1) is 0 Å². The monoisotopic (exact) mass is 369 g/mol. The molecule has 0 saturated heterocycles. The minimum atomic E-state index is 0.365. The maximum Gasteiger partial charge on any atom is 0.150 e. The van der Waals surface area contributed by atoms with Crippen LogP contribution in [0.15, 0.2) is 66.3 Å². The highest BCUT2D eigenvalue weighted by atomic mass is 15.3. The summed E-state index contributed by atoms with van der Waals surface area (Å²) >= 11 is 0. The van der Waals surface area contributed by atoms with E-state index in [1.807, 2.05) is 37.4 Å². The summed E-state index contributed by atoms with van der Waals surface area (Å²) in [7, 11) is 1.70. The zero-order valence-corrected chi connectivity index (χ0v) is 15.7. The van der Waals surface area contributed by atoms with E-state index in [0.29, 0.717) is 17.7 Å². The predicted molar refractivity (Wildman–Crippen MR) is 108 cm³/mol. The highest BCUT2D eigenvalue weighted by Crippen LogP contribution is 2.22. The van der Waals surface area contributed by atoms with Crippen LogP contribution in [0.4, 0.5) is 0 Å². The first-order valence-electron chi connectivity index (χ1n) is 8.86. The van der Waals surface area contributed by atoms with Crippen molar-refractivity contribution in [3.63, 3.8) is 0 Å². The molecule has 4 rings (SSSR count). The number of aryl methyl sites for hydroxylation is 1. The molecule has 0 radical (unpaired) electrons. The molecule has 28 heavy (non-hydrogen) atoms. The van der Waals surface area contributed by atoms with Crippen molar-refractivity contribution in [2.24, 2.45) is 4.99 Å². The van der Waals surface area contributed by atoms with Crippen LogP contribution in [-0.2, 0) is 6.42 Å². The van der Waals surface area contributed by atoms with Crippen molar-refractivity contribution >= 4 is 16.7 Å². The maximum atomic E-state index is 8.50. The van der Waals surface area contributed by atoms with Gasteiger partial charge >= 0.3 is 0 Å². The van der Waals surface area contributed by atoms with Gasteiger partial charge in [-0.25, -0.2) is 14.6 Å². The normalized spacial score (nSPS) is 11.7. The zero-order valence-electron chi connectivity index (χ0n) is 15.7. The van der Waals surface area contributed by atoms with Crippen molar-refractivity contribution < 1.29 is 0 Å². The molecule has 0 fully saturated rings. The molecule has 0 amide bonds. The molecule has 0 aliphatic carbocycles. The number of hydrogen-bond acceptors (Lipinski definition) is 6. The smallest absolute Gasteiger partial charge is 0.150 e. The van der Waals surface area contributed by atoms with Gasteiger partial charge in [0.05, 0.1) is 11.2 Å². The lowest BCUT2D eigenvalue weighted by atomic mass is 10.0. The molecule has 7 heteroatoms. The summed E-state index contributed by atoms with van der Waals surface area (Å²) in [5.74, 6) is 0.365. The summed E-state index contributed by atoms with van der Waals surface area (Å²) in [5.41, 5.74) is 5.30. The third kappa shape index (κ3) is 3.55. The number of hydrogen-bond donors (Lipinski definition) is 1. The molecule has 0 spiro atoms. The van der Waals surface area contributed by atoms with E-state index in [0.717, 1.165) is 33.3 Å². The van der Waals surface area contributed by atoms with Crippen LogP contribution in [0.3, 0.4) is 0 Å². The van der Waals surface area contributed by atoms with Crippen LogP contribution in [0.2, 0.25) is 0 Å². The Bertz CT molecular complexity index is 1230. The van der Waals surface area contributed by atoms with Crippen LogP contribution in [0.25, 0.3) is 22.0 Å². The van der Waals surface area contributed by atoms with E-state index in [9.17, 15) is 0 Å². The van der Waals surface area contributed by atoms with Gasteiger partial charge in [0.2, 0.25) is 0 Å². The topological polar surface area (TPSA) is 92.7 Å². The first kappa shape index (κ1) is 17.7. The zero-order chi connectivity index (χ0) is 19.5. The highest BCUT2D eigenvalue weighted by Gasteiger charge is 2.08. The molecule has 138 valence electrons. The van der Waals surface area contributed by atoms with Crippen LogP contribution < -0.4 is 5.49 Å². The largest absolute Gasteiger partial charge is 0.286 e. The highest BCUT2D eigenvalue weighted by molar-refractivity contribution is 5.87. The molecule has 1 aromatic carbocycles. The third-order valence-electron chi connectivity index (χ3n) is 4.44.